The van der Waals surface area contributed by atoms with Gasteiger partial charge in [-0.25, -0.2) is 4.79 Å². The summed E-state index contributed by atoms with van der Waals surface area (Å²) in [5, 5.41) is 6.57. The highest BCUT2D eigenvalue weighted by atomic mass is 16.5. The highest BCUT2D eigenvalue weighted by Crippen LogP contribution is 2.20. The van der Waals surface area contributed by atoms with Gasteiger partial charge in [0.15, 0.2) is 0 Å². The molecule has 0 saturated carbocycles. The van der Waals surface area contributed by atoms with Crippen molar-refractivity contribution in [2.45, 2.75) is 6.42 Å². The van der Waals surface area contributed by atoms with Crippen molar-refractivity contribution in [2.75, 3.05) is 19.5 Å². The van der Waals surface area contributed by atoms with Crippen LogP contribution < -0.4 is 10.1 Å². The van der Waals surface area contributed by atoms with Crippen LogP contribution in [-0.2, 0) is 16.0 Å². The largest absolute Gasteiger partial charge is 0.497 e. The van der Waals surface area contributed by atoms with Crippen LogP contribution in [0.5, 0.6) is 5.75 Å². The summed E-state index contributed by atoms with van der Waals surface area (Å²) in [6, 6.07) is 13.6. The van der Waals surface area contributed by atoms with Crippen LogP contribution in [0.3, 0.4) is 0 Å². The predicted octanol–water partition coefficient (Wildman–Crippen LogP) is 2.71. The summed E-state index contributed by atoms with van der Waals surface area (Å²) >= 11 is 0. The lowest BCUT2D eigenvalue weighted by Gasteiger charge is -2.05. The first-order valence-corrected chi connectivity index (χ1v) is 8.04. The summed E-state index contributed by atoms with van der Waals surface area (Å²) in [6.07, 6.45) is -0.0917. The zero-order valence-electron chi connectivity index (χ0n) is 14.8. The van der Waals surface area contributed by atoms with Crippen molar-refractivity contribution >= 4 is 17.6 Å². The minimum atomic E-state index is -0.480. The molecule has 0 aliphatic carbocycles. The van der Waals surface area contributed by atoms with Crippen molar-refractivity contribution < 1.29 is 23.6 Å². The van der Waals surface area contributed by atoms with E-state index in [-0.39, 0.29) is 18.2 Å². The van der Waals surface area contributed by atoms with Gasteiger partial charge in [-0.2, -0.15) is 4.98 Å². The second-order valence-corrected chi connectivity index (χ2v) is 5.54. The molecule has 138 valence electrons. The van der Waals surface area contributed by atoms with E-state index in [1.807, 2.05) is 0 Å². The topological polar surface area (TPSA) is 104 Å². The van der Waals surface area contributed by atoms with Gasteiger partial charge >= 0.3 is 5.97 Å². The number of aromatic nitrogens is 2. The molecule has 0 unspecified atom stereocenters. The molecular weight excluding hydrogens is 350 g/mol. The summed E-state index contributed by atoms with van der Waals surface area (Å²) in [5.74, 6) is 0.459. The van der Waals surface area contributed by atoms with Crippen molar-refractivity contribution in [3.05, 3.63) is 60.0 Å². The first-order chi connectivity index (χ1) is 13.1. The van der Waals surface area contributed by atoms with Gasteiger partial charge in [0.2, 0.25) is 17.6 Å². The Kier molecular flexibility index (Phi) is 5.46. The average Bonchev–Trinajstić information content (AvgIpc) is 3.15. The normalized spacial score (nSPS) is 10.3. The molecule has 2 aromatic carbocycles. The molecule has 0 saturated heterocycles. The second-order valence-electron chi connectivity index (χ2n) is 5.54. The number of amides is 1. The molecule has 1 aromatic heterocycles. The highest BCUT2D eigenvalue weighted by Gasteiger charge is 2.14. The molecule has 1 N–H and O–H groups in total. The van der Waals surface area contributed by atoms with Gasteiger partial charge in [0, 0.05) is 11.3 Å². The Balaban J connectivity index is 1.65. The number of carbonyl (C=O) groups is 2. The molecule has 0 spiro atoms. The van der Waals surface area contributed by atoms with Gasteiger partial charge in [0.1, 0.15) is 12.2 Å². The van der Waals surface area contributed by atoms with E-state index >= 15 is 0 Å². The predicted molar refractivity (Wildman–Crippen MR) is 96.4 cm³/mol. The third-order valence-electron chi connectivity index (χ3n) is 3.70. The minimum Gasteiger partial charge on any atom is -0.497 e. The molecule has 0 atom stereocenters. The van der Waals surface area contributed by atoms with Gasteiger partial charge in [-0.1, -0.05) is 11.2 Å². The molecule has 8 nitrogen and oxygen atoms in total. The Hall–Kier alpha value is -3.68. The molecule has 0 fully saturated rings. The SMILES string of the molecule is COC(=O)c1cccc(NC(=O)Cc2nc(-c3ccc(OC)cc3)no2)c1. The van der Waals surface area contributed by atoms with Crippen molar-refractivity contribution in [3.63, 3.8) is 0 Å². The third kappa shape index (κ3) is 4.49. The number of methoxy groups -OCH3 is 2. The monoisotopic (exact) mass is 367 g/mol. The summed E-state index contributed by atoms with van der Waals surface area (Å²) in [7, 11) is 2.88. The van der Waals surface area contributed by atoms with Crippen LogP contribution in [0.25, 0.3) is 11.4 Å². The van der Waals surface area contributed by atoms with Gasteiger partial charge in [0.25, 0.3) is 0 Å². The number of nitrogens with one attached hydrogen (secondary N) is 1. The van der Waals surface area contributed by atoms with E-state index in [1.54, 1.807) is 49.6 Å². The number of carbonyl (C=O) groups excluding carboxylic acids is 2. The molecule has 3 aromatic rings. The first-order valence-electron chi connectivity index (χ1n) is 8.04. The van der Waals surface area contributed by atoms with Crippen LogP contribution in [-0.4, -0.2) is 36.2 Å². The molecule has 8 heteroatoms. The maximum atomic E-state index is 12.2. The van der Waals surface area contributed by atoms with E-state index in [2.05, 4.69) is 20.2 Å². The Bertz CT molecular complexity index is 950. The van der Waals surface area contributed by atoms with Crippen LogP contribution in [0.1, 0.15) is 16.2 Å². The fourth-order valence-corrected chi connectivity index (χ4v) is 2.37. The molecule has 1 heterocycles. The van der Waals surface area contributed by atoms with Gasteiger partial charge in [0.05, 0.1) is 19.8 Å². The van der Waals surface area contributed by atoms with Crippen LogP contribution >= 0.6 is 0 Å². The number of hydrogen-bond acceptors (Lipinski definition) is 7. The number of ether oxygens (including phenoxy) is 2. The lowest BCUT2D eigenvalue weighted by atomic mass is 10.2. The Labute approximate surface area is 155 Å². The Morgan fingerprint density at radius 3 is 2.59 bits per heavy atom. The van der Waals surface area contributed by atoms with E-state index in [9.17, 15) is 9.59 Å². The van der Waals surface area contributed by atoms with E-state index in [1.165, 1.54) is 13.2 Å². The van der Waals surface area contributed by atoms with Gasteiger partial charge in [-0.05, 0) is 42.5 Å². The summed E-state index contributed by atoms with van der Waals surface area (Å²) in [5.41, 5.74) is 1.56. The average molecular weight is 367 g/mol. The van der Waals surface area contributed by atoms with Crippen LogP contribution in [0, 0.1) is 0 Å². The number of esters is 1. The maximum absolute atomic E-state index is 12.2. The van der Waals surface area contributed by atoms with Crippen molar-refractivity contribution in [2.24, 2.45) is 0 Å². The van der Waals surface area contributed by atoms with Crippen LogP contribution in [0.15, 0.2) is 53.1 Å². The minimum absolute atomic E-state index is 0.0917. The van der Waals surface area contributed by atoms with Gasteiger partial charge in [-0.3, -0.25) is 4.79 Å². The van der Waals surface area contributed by atoms with Gasteiger partial charge in [-0.15, -0.1) is 0 Å². The van der Waals surface area contributed by atoms with Crippen LogP contribution in [0.2, 0.25) is 0 Å². The van der Waals surface area contributed by atoms with Crippen LogP contribution in [0.4, 0.5) is 5.69 Å². The fourth-order valence-electron chi connectivity index (χ4n) is 2.37. The van der Waals surface area contributed by atoms with E-state index < -0.39 is 5.97 Å². The highest BCUT2D eigenvalue weighted by molar-refractivity contribution is 5.95. The molecule has 27 heavy (non-hydrogen) atoms. The smallest absolute Gasteiger partial charge is 0.337 e. The standard InChI is InChI=1S/C19H17N3O5/c1-25-15-8-6-12(7-9-15)18-21-17(27-22-18)11-16(23)20-14-5-3-4-13(10-14)19(24)26-2/h3-10H,11H2,1-2H3,(H,20,23). The molecule has 3 rings (SSSR count). The van der Waals surface area contributed by atoms with E-state index in [4.69, 9.17) is 9.26 Å². The number of benzene rings is 2. The molecule has 0 radical (unpaired) electrons. The quantitative estimate of drug-likeness (QED) is 0.668. The Morgan fingerprint density at radius 1 is 1.11 bits per heavy atom. The molecule has 1 amide bonds. The lowest BCUT2D eigenvalue weighted by Crippen LogP contribution is -2.15. The first kappa shape index (κ1) is 18.1. The number of rotatable bonds is 6. The van der Waals surface area contributed by atoms with Crippen molar-refractivity contribution in [1.82, 2.24) is 10.1 Å². The maximum Gasteiger partial charge on any atom is 0.337 e. The van der Waals surface area contributed by atoms with Crippen molar-refractivity contribution in [3.8, 4) is 17.1 Å². The number of nitrogens with zero attached hydrogens (tertiary/aromatic N) is 2. The molecule has 0 aliphatic rings. The zero-order valence-corrected chi connectivity index (χ0v) is 14.8. The van der Waals surface area contributed by atoms with Crippen molar-refractivity contribution in [1.29, 1.82) is 0 Å². The van der Waals surface area contributed by atoms with E-state index in [0.717, 1.165) is 11.3 Å². The third-order valence-corrected chi connectivity index (χ3v) is 3.70. The van der Waals surface area contributed by atoms with E-state index in [0.29, 0.717) is 17.1 Å². The molecule has 0 aliphatic heterocycles. The van der Waals surface area contributed by atoms with Gasteiger partial charge < -0.3 is 19.3 Å². The number of anilines is 1. The molecule has 0 bridgehead atoms. The summed E-state index contributed by atoms with van der Waals surface area (Å²) in [6.45, 7) is 0. The summed E-state index contributed by atoms with van der Waals surface area (Å²) in [4.78, 5) is 28.0. The Morgan fingerprint density at radius 2 is 1.89 bits per heavy atom. The summed E-state index contributed by atoms with van der Waals surface area (Å²) < 4.78 is 14.9. The lowest BCUT2D eigenvalue weighted by molar-refractivity contribution is -0.115. The molecular formula is C19H17N3O5. The second kappa shape index (κ2) is 8.13. The number of hydrogen-bond donors (Lipinski definition) is 1. The fraction of sp³-hybridized carbons (Fsp3) is 0.158. The zero-order chi connectivity index (χ0) is 19.2.